The molecule has 0 spiro atoms. The highest BCUT2D eigenvalue weighted by Crippen LogP contribution is 2.15. The topological polar surface area (TPSA) is 41.1 Å². The highest BCUT2D eigenvalue weighted by atomic mass is 16.2. The fourth-order valence-corrected chi connectivity index (χ4v) is 2.44. The number of piperidine rings is 1. The molecule has 0 radical (unpaired) electrons. The number of hydrogen-bond donors (Lipinski definition) is 2. The maximum absolute atomic E-state index is 12.0. The molecule has 2 unspecified atom stereocenters. The highest BCUT2D eigenvalue weighted by Gasteiger charge is 2.23. The number of carbonyl (C=O) groups excluding carboxylic acids is 1. The SMILES string of the molecule is Cc1cccc(CNC(=O)C2CC(C)CCN2)c1. The van der Waals surface area contributed by atoms with E-state index in [1.807, 2.05) is 12.1 Å². The Bertz CT molecular complexity index is 417. The lowest BCUT2D eigenvalue weighted by atomic mass is 9.94. The molecule has 3 nitrogen and oxygen atoms in total. The highest BCUT2D eigenvalue weighted by molar-refractivity contribution is 5.81. The molecule has 1 amide bonds. The molecule has 0 aromatic heterocycles. The van der Waals surface area contributed by atoms with Crippen LogP contribution in [0.1, 0.15) is 30.9 Å². The fraction of sp³-hybridized carbons (Fsp3) is 0.533. The van der Waals surface area contributed by atoms with Crippen LogP contribution >= 0.6 is 0 Å². The van der Waals surface area contributed by atoms with Crippen LogP contribution in [0.3, 0.4) is 0 Å². The normalized spacial score (nSPS) is 23.7. The average Bonchev–Trinajstić information content (AvgIpc) is 2.36. The quantitative estimate of drug-likeness (QED) is 0.856. The molecular weight excluding hydrogens is 224 g/mol. The van der Waals surface area contributed by atoms with Gasteiger partial charge in [-0.3, -0.25) is 4.79 Å². The van der Waals surface area contributed by atoms with E-state index in [1.54, 1.807) is 0 Å². The Kier molecular flexibility index (Phi) is 4.37. The van der Waals surface area contributed by atoms with E-state index in [0.717, 1.165) is 18.5 Å². The lowest BCUT2D eigenvalue weighted by molar-refractivity contribution is -0.124. The van der Waals surface area contributed by atoms with Crippen molar-refractivity contribution < 1.29 is 4.79 Å². The van der Waals surface area contributed by atoms with Gasteiger partial charge in [0.2, 0.25) is 5.91 Å². The van der Waals surface area contributed by atoms with Gasteiger partial charge in [0.05, 0.1) is 6.04 Å². The van der Waals surface area contributed by atoms with Gasteiger partial charge in [-0.05, 0) is 37.8 Å². The van der Waals surface area contributed by atoms with E-state index >= 15 is 0 Å². The zero-order chi connectivity index (χ0) is 13.0. The number of amides is 1. The Hall–Kier alpha value is -1.35. The molecule has 2 rings (SSSR count). The minimum atomic E-state index is -0.0152. The van der Waals surface area contributed by atoms with E-state index < -0.39 is 0 Å². The van der Waals surface area contributed by atoms with E-state index in [2.05, 4.69) is 36.6 Å². The lowest BCUT2D eigenvalue weighted by Crippen LogP contribution is -2.48. The second kappa shape index (κ2) is 6.01. The van der Waals surface area contributed by atoms with Crippen LogP contribution in [0.25, 0.3) is 0 Å². The molecule has 1 saturated heterocycles. The van der Waals surface area contributed by atoms with Crippen LogP contribution in [0.4, 0.5) is 0 Å². The fourth-order valence-electron chi connectivity index (χ4n) is 2.44. The Balaban J connectivity index is 1.84. The summed E-state index contributed by atoms with van der Waals surface area (Å²) in [6, 6.07) is 8.23. The molecule has 0 saturated carbocycles. The van der Waals surface area contributed by atoms with Gasteiger partial charge in [0.1, 0.15) is 0 Å². The summed E-state index contributed by atoms with van der Waals surface area (Å²) in [7, 11) is 0. The van der Waals surface area contributed by atoms with Gasteiger partial charge in [0.15, 0.2) is 0 Å². The zero-order valence-corrected chi connectivity index (χ0v) is 11.2. The molecule has 3 heteroatoms. The summed E-state index contributed by atoms with van der Waals surface area (Å²) < 4.78 is 0. The van der Waals surface area contributed by atoms with E-state index in [4.69, 9.17) is 0 Å². The molecule has 0 aliphatic carbocycles. The van der Waals surface area contributed by atoms with Crippen molar-refractivity contribution in [1.29, 1.82) is 0 Å². The maximum Gasteiger partial charge on any atom is 0.237 e. The van der Waals surface area contributed by atoms with Gasteiger partial charge in [0, 0.05) is 6.54 Å². The van der Waals surface area contributed by atoms with Crippen molar-refractivity contribution in [3.05, 3.63) is 35.4 Å². The summed E-state index contributed by atoms with van der Waals surface area (Å²) in [5, 5.41) is 6.30. The summed E-state index contributed by atoms with van der Waals surface area (Å²) >= 11 is 0. The summed E-state index contributed by atoms with van der Waals surface area (Å²) in [5.74, 6) is 0.768. The third kappa shape index (κ3) is 3.57. The van der Waals surface area contributed by atoms with Gasteiger partial charge in [-0.2, -0.15) is 0 Å². The third-order valence-electron chi connectivity index (χ3n) is 3.53. The smallest absolute Gasteiger partial charge is 0.237 e. The van der Waals surface area contributed by atoms with Crippen LogP contribution in [0.2, 0.25) is 0 Å². The Morgan fingerprint density at radius 3 is 3.06 bits per heavy atom. The van der Waals surface area contributed by atoms with Crippen LogP contribution in [-0.2, 0) is 11.3 Å². The van der Waals surface area contributed by atoms with Crippen molar-refractivity contribution >= 4 is 5.91 Å². The first-order valence-electron chi connectivity index (χ1n) is 6.72. The first-order valence-corrected chi connectivity index (χ1v) is 6.72. The van der Waals surface area contributed by atoms with Crippen molar-refractivity contribution in [3.63, 3.8) is 0 Å². The van der Waals surface area contributed by atoms with Crippen LogP contribution in [0.15, 0.2) is 24.3 Å². The Labute approximate surface area is 109 Å². The van der Waals surface area contributed by atoms with E-state index in [0.29, 0.717) is 12.5 Å². The standard InChI is InChI=1S/C15H22N2O/c1-11-4-3-5-13(8-11)10-17-15(18)14-9-12(2)6-7-16-14/h3-5,8,12,14,16H,6-7,9-10H2,1-2H3,(H,17,18). The number of aryl methyl sites for hydroxylation is 1. The molecule has 2 N–H and O–H groups in total. The second-order valence-corrected chi connectivity index (χ2v) is 5.34. The van der Waals surface area contributed by atoms with Gasteiger partial charge >= 0.3 is 0 Å². The number of benzene rings is 1. The minimum Gasteiger partial charge on any atom is -0.351 e. The molecule has 1 aromatic rings. The minimum absolute atomic E-state index is 0.0152. The van der Waals surface area contributed by atoms with Crippen LogP contribution in [0.5, 0.6) is 0 Å². The molecule has 1 aliphatic rings. The Morgan fingerprint density at radius 1 is 1.50 bits per heavy atom. The van der Waals surface area contributed by atoms with Crippen molar-refractivity contribution in [3.8, 4) is 0 Å². The van der Waals surface area contributed by atoms with E-state index in [1.165, 1.54) is 12.0 Å². The zero-order valence-electron chi connectivity index (χ0n) is 11.2. The maximum atomic E-state index is 12.0. The molecular formula is C15H22N2O. The van der Waals surface area contributed by atoms with Gasteiger partial charge in [0.25, 0.3) is 0 Å². The van der Waals surface area contributed by atoms with Crippen molar-refractivity contribution in [1.82, 2.24) is 10.6 Å². The monoisotopic (exact) mass is 246 g/mol. The number of hydrogen-bond acceptors (Lipinski definition) is 2. The molecule has 0 bridgehead atoms. The van der Waals surface area contributed by atoms with Crippen LogP contribution in [-0.4, -0.2) is 18.5 Å². The average molecular weight is 246 g/mol. The first-order chi connectivity index (χ1) is 8.65. The Morgan fingerprint density at radius 2 is 2.33 bits per heavy atom. The largest absolute Gasteiger partial charge is 0.351 e. The summed E-state index contributed by atoms with van der Waals surface area (Å²) in [6.45, 7) is 5.84. The van der Waals surface area contributed by atoms with Crippen LogP contribution in [0, 0.1) is 12.8 Å². The lowest BCUT2D eigenvalue weighted by Gasteiger charge is -2.27. The predicted molar refractivity (Wildman–Crippen MR) is 73.2 cm³/mol. The van der Waals surface area contributed by atoms with Gasteiger partial charge in [-0.15, -0.1) is 0 Å². The van der Waals surface area contributed by atoms with Gasteiger partial charge < -0.3 is 10.6 Å². The van der Waals surface area contributed by atoms with Crippen molar-refractivity contribution in [2.45, 2.75) is 39.3 Å². The molecule has 2 atom stereocenters. The molecule has 1 aliphatic heterocycles. The molecule has 1 heterocycles. The van der Waals surface area contributed by atoms with Crippen molar-refractivity contribution in [2.75, 3.05) is 6.54 Å². The molecule has 98 valence electrons. The van der Waals surface area contributed by atoms with E-state index in [9.17, 15) is 4.79 Å². The predicted octanol–water partition coefficient (Wildman–Crippen LogP) is 2.00. The van der Waals surface area contributed by atoms with Crippen molar-refractivity contribution in [2.24, 2.45) is 5.92 Å². The molecule has 1 fully saturated rings. The summed E-state index contributed by atoms with van der Waals surface area (Å²) in [6.07, 6.45) is 2.11. The first kappa shape index (κ1) is 13.1. The van der Waals surface area contributed by atoms with E-state index in [-0.39, 0.29) is 11.9 Å². The van der Waals surface area contributed by atoms with Gasteiger partial charge in [-0.1, -0.05) is 36.8 Å². The third-order valence-corrected chi connectivity index (χ3v) is 3.53. The number of nitrogens with one attached hydrogen (secondary N) is 2. The van der Waals surface area contributed by atoms with Crippen LogP contribution < -0.4 is 10.6 Å². The number of rotatable bonds is 3. The van der Waals surface area contributed by atoms with Gasteiger partial charge in [-0.25, -0.2) is 0 Å². The summed E-state index contributed by atoms with van der Waals surface area (Å²) in [4.78, 5) is 12.0. The number of carbonyl (C=O) groups is 1. The second-order valence-electron chi connectivity index (χ2n) is 5.34. The molecule has 1 aromatic carbocycles. The molecule has 18 heavy (non-hydrogen) atoms. The summed E-state index contributed by atoms with van der Waals surface area (Å²) in [5.41, 5.74) is 2.39.